The lowest BCUT2D eigenvalue weighted by atomic mass is 9.80. The number of hydrogen-bond donors (Lipinski definition) is 4. The van der Waals surface area contributed by atoms with Gasteiger partial charge in [-0.25, -0.2) is 19.3 Å². The minimum atomic E-state index is -1.51. The van der Waals surface area contributed by atoms with Gasteiger partial charge in [0.2, 0.25) is 0 Å². The molecule has 334 valence electrons. The normalized spacial score (nSPS) is 9.66. The molecule has 0 saturated heterocycles. The second kappa shape index (κ2) is 27.5. The van der Waals surface area contributed by atoms with Gasteiger partial charge in [-0.3, -0.25) is 0 Å². The lowest BCUT2D eigenvalue weighted by molar-refractivity contribution is 0.424. The summed E-state index contributed by atoms with van der Waals surface area (Å²) in [7, 11) is -1.51. The predicted octanol–water partition coefficient (Wildman–Crippen LogP) is 9.45. The van der Waals surface area contributed by atoms with Gasteiger partial charge in [0.1, 0.15) is 36.8 Å². The van der Waals surface area contributed by atoms with Crippen LogP contribution in [0.3, 0.4) is 0 Å². The number of aromatic hydroxyl groups is 2. The molecule has 6 aromatic carbocycles. The smallest absolute Gasteiger partial charge is 0.488 e. The van der Waals surface area contributed by atoms with E-state index in [1.807, 2.05) is 61.5 Å². The minimum absolute atomic E-state index is 0.0330. The molecule has 0 amide bonds. The van der Waals surface area contributed by atoms with Crippen molar-refractivity contribution in [3.8, 4) is 46.9 Å². The van der Waals surface area contributed by atoms with Crippen molar-refractivity contribution in [3.05, 3.63) is 205 Å². The molecule has 0 saturated carbocycles. The monoisotopic (exact) mass is 1140 g/mol. The van der Waals surface area contributed by atoms with Crippen molar-refractivity contribution in [1.82, 2.24) is 29.5 Å². The van der Waals surface area contributed by atoms with Crippen LogP contribution in [-0.2, 0) is 18.4 Å². The lowest BCUT2D eigenvalue weighted by Crippen LogP contribution is -2.29. The van der Waals surface area contributed by atoms with Crippen LogP contribution in [0.5, 0.6) is 11.5 Å². The summed E-state index contributed by atoms with van der Waals surface area (Å²) in [5.74, 6) is 0.250. The van der Waals surface area contributed by atoms with Crippen LogP contribution in [0.1, 0.15) is 44.5 Å². The molecule has 0 bridgehead atoms. The van der Waals surface area contributed by atoms with E-state index in [9.17, 15) is 10.4 Å². The molecule has 8 rings (SSSR count). The first-order valence-corrected chi connectivity index (χ1v) is 23.0. The fourth-order valence-corrected chi connectivity index (χ4v) is 7.45. The average Bonchev–Trinajstić information content (AvgIpc) is 4.05. The first-order valence-electron chi connectivity index (χ1n) is 19.5. The van der Waals surface area contributed by atoms with Crippen LogP contribution in [0, 0.1) is 52.2 Å². The largest absolute Gasteiger partial charge is 0.508 e. The third-order valence-corrected chi connectivity index (χ3v) is 11.1. The Morgan fingerprint density at radius 2 is 0.985 bits per heavy atom. The van der Waals surface area contributed by atoms with Crippen LogP contribution >= 0.6 is 63.7 Å². The van der Waals surface area contributed by atoms with Gasteiger partial charge in [-0.2, -0.15) is 31.2 Å². The molecular formula is C48H37BBr4N10O4. The van der Waals surface area contributed by atoms with Gasteiger partial charge in [-0.1, -0.05) is 94.1 Å². The maximum Gasteiger partial charge on any atom is 0.488 e. The van der Waals surface area contributed by atoms with E-state index < -0.39 is 7.12 Å². The molecule has 19 heteroatoms. The third kappa shape index (κ3) is 17.4. The van der Waals surface area contributed by atoms with E-state index in [4.69, 9.17) is 30.9 Å². The number of rotatable bonds is 7. The average molecular weight is 1150 g/mol. The molecule has 0 aliphatic heterocycles. The zero-order chi connectivity index (χ0) is 48.7. The number of nitriles is 4. The lowest BCUT2D eigenvalue weighted by Gasteiger charge is -2.08. The Balaban J connectivity index is 0.000000190. The van der Waals surface area contributed by atoms with E-state index in [1.165, 1.54) is 30.9 Å². The molecule has 0 fully saturated rings. The van der Waals surface area contributed by atoms with Crippen molar-refractivity contribution < 1.29 is 20.3 Å². The summed E-state index contributed by atoms with van der Waals surface area (Å²) in [4.78, 5) is 7.76. The second-order valence-corrected chi connectivity index (χ2v) is 17.0. The van der Waals surface area contributed by atoms with Crippen molar-refractivity contribution in [3.63, 3.8) is 0 Å². The zero-order valence-corrected chi connectivity index (χ0v) is 41.7. The van der Waals surface area contributed by atoms with E-state index in [1.54, 1.807) is 70.5 Å². The Morgan fingerprint density at radius 3 is 1.43 bits per heavy atom. The Bertz CT molecular complexity index is 3040. The summed E-state index contributed by atoms with van der Waals surface area (Å²) in [6.07, 6.45) is 6.18. The van der Waals surface area contributed by atoms with Gasteiger partial charge in [0.15, 0.2) is 0 Å². The number of benzene rings is 6. The number of phenolic OH excluding ortho intramolecular Hbond substituents is 2. The number of alkyl halides is 1. The highest BCUT2D eigenvalue weighted by molar-refractivity contribution is 9.11. The quantitative estimate of drug-likeness (QED) is 0.0863. The Labute approximate surface area is 421 Å². The van der Waals surface area contributed by atoms with Gasteiger partial charge >= 0.3 is 7.12 Å². The summed E-state index contributed by atoms with van der Waals surface area (Å²) >= 11 is 13.3. The van der Waals surface area contributed by atoms with E-state index >= 15 is 0 Å². The van der Waals surface area contributed by atoms with Gasteiger partial charge in [-0.05, 0) is 137 Å². The SMILES string of the molecule is Cc1cc(Br)ccc1C#N.N#Cc1ccc(-c2cccc(O)c2)cc1Cn1cncn1.N#Cc1ccc(Br)cc1CBr.N#Cc1ccc(Br)cc1Cn1cncn1.OB(O)c1cccc(O)c1. The molecule has 0 spiro atoms. The molecule has 67 heavy (non-hydrogen) atoms. The van der Waals surface area contributed by atoms with Crippen molar-refractivity contribution in [2.24, 2.45) is 0 Å². The predicted molar refractivity (Wildman–Crippen MR) is 268 cm³/mol. The molecule has 0 atom stereocenters. The number of nitrogens with zero attached hydrogens (tertiary/aromatic N) is 10. The molecular weight excluding hydrogens is 1110 g/mol. The van der Waals surface area contributed by atoms with E-state index in [2.05, 4.69) is 108 Å². The molecule has 2 aromatic heterocycles. The van der Waals surface area contributed by atoms with Crippen molar-refractivity contribution in [2.45, 2.75) is 25.3 Å². The third-order valence-electron chi connectivity index (χ3n) is 9.00. The fraction of sp³-hybridized carbons (Fsp3) is 0.0833. The standard InChI is InChI=1S/C16H12N4O.C10H7BrN4.C8H5Br2N.C8H6BrN.C6H7BO3/c17-8-14-5-4-13(12-2-1-3-16(21)7-12)6-15(14)9-20-11-18-10-19-20;11-10-2-1-8(4-12)9(3-10)5-15-7-13-6-14-15;9-4-7-3-8(10)2-1-6(7)5-11;1-6-4-8(9)3-2-7(6)5-10;8-6-3-1-2-5(4-6)7(9)10/h1-7,10-11,21H,9H2;1-3,6-7H,5H2;1-3H,4H2;2-4H,1H3;1-4,8-10H. The maximum atomic E-state index is 9.58. The number of halogens is 4. The zero-order valence-electron chi connectivity index (χ0n) is 35.3. The van der Waals surface area contributed by atoms with Gasteiger partial charge in [-0.15, -0.1) is 0 Å². The van der Waals surface area contributed by atoms with Gasteiger partial charge in [0.25, 0.3) is 0 Å². The maximum absolute atomic E-state index is 9.58. The number of aryl methyl sites for hydroxylation is 1. The highest BCUT2D eigenvalue weighted by Crippen LogP contribution is 2.26. The van der Waals surface area contributed by atoms with Gasteiger partial charge in [0, 0.05) is 18.7 Å². The minimum Gasteiger partial charge on any atom is -0.508 e. The summed E-state index contributed by atoms with van der Waals surface area (Å²) in [5, 5.41) is 79.7. The Morgan fingerprint density at radius 1 is 0.537 bits per heavy atom. The van der Waals surface area contributed by atoms with Crippen LogP contribution in [0.15, 0.2) is 160 Å². The first kappa shape index (κ1) is 52.7. The molecule has 0 aliphatic carbocycles. The van der Waals surface area contributed by atoms with E-state index in [0.717, 1.165) is 63.3 Å². The van der Waals surface area contributed by atoms with Crippen LogP contribution < -0.4 is 5.46 Å². The van der Waals surface area contributed by atoms with Crippen LogP contribution in [0.2, 0.25) is 0 Å². The highest BCUT2D eigenvalue weighted by atomic mass is 79.9. The molecule has 2 heterocycles. The van der Waals surface area contributed by atoms with Crippen molar-refractivity contribution >= 4 is 76.3 Å². The van der Waals surface area contributed by atoms with Gasteiger partial charge in [0.05, 0.1) is 59.6 Å². The van der Waals surface area contributed by atoms with E-state index in [0.29, 0.717) is 29.7 Å². The van der Waals surface area contributed by atoms with Crippen LogP contribution in [-0.4, -0.2) is 56.9 Å². The molecule has 0 radical (unpaired) electrons. The highest BCUT2D eigenvalue weighted by Gasteiger charge is 2.10. The fourth-order valence-electron chi connectivity index (χ4n) is 5.70. The number of phenols is 2. The molecule has 8 aromatic rings. The van der Waals surface area contributed by atoms with Crippen molar-refractivity contribution in [1.29, 1.82) is 21.0 Å². The number of hydrogen-bond acceptors (Lipinski definition) is 12. The van der Waals surface area contributed by atoms with Gasteiger partial charge < -0.3 is 20.3 Å². The topological polar surface area (TPSA) is 237 Å². The molecule has 0 unspecified atom stereocenters. The Kier molecular flexibility index (Phi) is 21.6. The molecule has 14 nitrogen and oxygen atoms in total. The molecule has 4 N–H and O–H groups in total. The van der Waals surface area contributed by atoms with Crippen LogP contribution in [0.25, 0.3) is 11.1 Å². The number of aromatic nitrogens is 6. The molecule has 0 aliphatic rings. The summed E-state index contributed by atoms with van der Waals surface area (Å²) in [6, 6.07) is 43.8. The van der Waals surface area contributed by atoms with Crippen molar-refractivity contribution in [2.75, 3.05) is 0 Å². The summed E-state index contributed by atoms with van der Waals surface area (Å²) in [5.41, 5.74) is 8.69. The van der Waals surface area contributed by atoms with E-state index in [-0.39, 0.29) is 11.5 Å². The second-order valence-electron chi connectivity index (χ2n) is 13.7. The summed E-state index contributed by atoms with van der Waals surface area (Å²) < 4.78 is 6.33. The summed E-state index contributed by atoms with van der Waals surface area (Å²) in [6.45, 7) is 2.96. The van der Waals surface area contributed by atoms with Crippen LogP contribution in [0.4, 0.5) is 0 Å². The first-order chi connectivity index (χ1) is 32.3. The Hall–Kier alpha value is -6.94.